The van der Waals surface area contributed by atoms with Gasteiger partial charge in [0.05, 0.1) is 5.56 Å². The number of benzene rings is 2. The summed E-state index contributed by atoms with van der Waals surface area (Å²) in [6.45, 7) is 2.00. The van der Waals surface area contributed by atoms with E-state index in [0.29, 0.717) is 11.1 Å². The second-order valence-corrected chi connectivity index (χ2v) is 6.19. The van der Waals surface area contributed by atoms with Crippen LogP contribution < -0.4 is 0 Å². The van der Waals surface area contributed by atoms with Crippen molar-refractivity contribution in [3.05, 3.63) is 89.2 Å². The van der Waals surface area contributed by atoms with Crippen molar-refractivity contribution >= 4 is 11.9 Å². The highest BCUT2D eigenvalue weighted by atomic mass is 19.4. The van der Waals surface area contributed by atoms with Gasteiger partial charge in [0.15, 0.2) is 0 Å². The number of hydrogen-bond donors (Lipinski definition) is 2. The molecule has 0 amide bonds. The molecule has 0 aliphatic heterocycles. The summed E-state index contributed by atoms with van der Waals surface area (Å²) in [6.07, 6.45) is -1.73. The van der Waals surface area contributed by atoms with E-state index < -0.39 is 18.1 Å². The van der Waals surface area contributed by atoms with E-state index in [1.807, 2.05) is 49.4 Å². The van der Waals surface area contributed by atoms with E-state index in [9.17, 15) is 23.1 Å². The van der Waals surface area contributed by atoms with Gasteiger partial charge in [0, 0.05) is 29.1 Å². The summed E-state index contributed by atoms with van der Waals surface area (Å²) in [5.74, 6) is 2.45. The average Bonchev–Trinajstić information content (AvgIpc) is 2.73. The molecule has 8 heteroatoms. The summed E-state index contributed by atoms with van der Waals surface area (Å²) in [6, 6.07) is 16.6. The first-order valence-electron chi connectivity index (χ1n) is 8.75. The minimum absolute atomic E-state index is 0.250. The molecule has 158 valence electrons. The van der Waals surface area contributed by atoms with E-state index in [1.54, 1.807) is 24.5 Å². The number of carboxylic acid groups (broad SMARTS) is 2. The molecule has 0 saturated heterocycles. The lowest BCUT2D eigenvalue weighted by Crippen LogP contribution is -2.21. The number of hydrogen-bond acceptors (Lipinski definition) is 3. The van der Waals surface area contributed by atoms with Crippen LogP contribution in [-0.4, -0.2) is 33.3 Å². The summed E-state index contributed by atoms with van der Waals surface area (Å²) in [7, 11) is 0. The Bertz CT molecular complexity index is 1130. The fourth-order valence-electron chi connectivity index (χ4n) is 2.44. The van der Waals surface area contributed by atoms with Gasteiger partial charge in [-0.05, 0) is 36.8 Å². The van der Waals surface area contributed by atoms with E-state index in [-0.39, 0.29) is 5.56 Å². The van der Waals surface area contributed by atoms with Gasteiger partial charge in [-0.25, -0.2) is 9.59 Å². The van der Waals surface area contributed by atoms with Crippen LogP contribution in [0.5, 0.6) is 0 Å². The second-order valence-electron chi connectivity index (χ2n) is 6.19. The number of carboxylic acids is 2. The number of aromatic carboxylic acids is 1. The Balaban J connectivity index is 0.000000423. The fraction of sp³-hybridized carbons (Fsp3) is 0.0870. The quantitative estimate of drug-likeness (QED) is 0.575. The van der Waals surface area contributed by atoms with Gasteiger partial charge >= 0.3 is 18.1 Å². The predicted molar refractivity (Wildman–Crippen MR) is 107 cm³/mol. The number of carbonyl (C=O) groups is 2. The third-order valence-corrected chi connectivity index (χ3v) is 3.90. The van der Waals surface area contributed by atoms with Crippen molar-refractivity contribution in [1.82, 2.24) is 4.98 Å². The second kappa shape index (κ2) is 10.1. The van der Waals surface area contributed by atoms with E-state index in [0.717, 1.165) is 16.7 Å². The molecule has 31 heavy (non-hydrogen) atoms. The molecular weight excluding hydrogens is 411 g/mol. The van der Waals surface area contributed by atoms with Gasteiger partial charge < -0.3 is 10.2 Å². The molecule has 5 nitrogen and oxygen atoms in total. The third kappa shape index (κ3) is 6.72. The Hall–Kier alpha value is -4.12. The largest absolute Gasteiger partial charge is 0.490 e. The highest BCUT2D eigenvalue weighted by Gasteiger charge is 2.38. The minimum atomic E-state index is -5.08. The first-order valence-corrected chi connectivity index (χ1v) is 8.75. The van der Waals surface area contributed by atoms with Crippen molar-refractivity contribution in [1.29, 1.82) is 0 Å². The maximum Gasteiger partial charge on any atom is 0.490 e. The van der Waals surface area contributed by atoms with E-state index >= 15 is 0 Å². The standard InChI is InChI=1S/C21H15NO2.C2HF3O2/c1-15-5-8-18(9-6-15)20-17(3-2-4-19(20)21(23)24)10-7-16-11-13-22-14-12-16;3-2(4,5)1(6)7/h2-6,8-9,11-14H,1H3,(H,23,24);(H,6,7). The van der Waals surface area contributed by atoms with Gasteiger partial charge in [-0.3, -0.25) is 4.98 Å². The zero-order chi connectivity index (χ0) is 23.0. The van der Waals surface area contributed by atoms with Gasteiger partial charge in [0.2, 0.25) is 0 Å². The molecule has 1 heterocycles. The lowest BCUT2D eigenvalue weighted by atomic mass is 9.94. The van der Waals surface area contributed by atoms with Crippen LogP contribution in [0.25, 0.3) is 11.1 Å². The van der Waals surface area contributed by atoms with Crippen molar-refractivity contribution in [3.63, 3.8) is 0 Å². The molecule has 0 aliphatic rings. The fourth-order valence-corrected chi connectivity index (χ4v) is 2.44. The SMILES string of the molecule is Cc1ccc(-c2c(C#Cc3ccncc3)cccc2C(=O)O)cc1.O=C(O)C(F)(F)F. The van der Waals surface area contributed by atoms with Gasteiger partial charge in [0.1, 0.15) is 0 Å². The molecule has 2 N–H and O–H groups in total. The number of alkyl halides is 3. The lowest BCUT2D eigenvalue weighted by molar-refractivity contribution is -0.192. The molecule has 0 bridgehead atoms. The third-order valence-electron chi connectivity index (χ3n) is 3.90. The summed E-state index contributed by atoms with van der Waals surface area (Å²) < 4.78 is 31.7. The molecule has 2 aromatic carbocycles. The van der Waals surface area contributed by atoms with Gasteiger partial charge in [-0.2, -0.15) is 13.2 Å². The molecule has 0 atom stereocenters. The Labute approximate surface area is 175 Å². The highest BCUT2D eigenvalue weighted by Crippen LogP contribution is 2.28. The summed E-state index contributed by atoms with van der Waals surface area (Å²) in [5.41, 5.74) is 4.39. The van der Waals surface area contributed by atoms with Crippen LogP contribution in [0.2, 0.25) is 0 Å². The smallest absolute Gasteiger partial charge is 0.478 e. The number of pyridine rings is 1. The maximum absolute atomic E-state index is 11.6. The summed E-state index contributed by atoms with van der Waals surface area (Å²) >= 11 is 0. The maximum atomic E-state index is 11.6. The molecule has 1 aromatic heterocycles. The number of aryl methyl sites for hydroxylation is 1. The lowest BCUT2D eigenvalue weighted by Gasteiger charge is -2.09. The molecule has 0 saturated carbocycles. The molecule has 0 aliphatic carbocycles. The van der Waals surface area contributed by atoms with E-state index in [2.05, 4.69) is 16.8 Å². The van der Waals surface area contributed by atoms with Crippen LogP contribution in [0.1, 0.15) is 27.0 Å². The van der Waals surface area contributed by atoms with Crippen molar-refractivity contribution in [2.45, 2.75) is 13.1 Å². The Morgan fingerprint density at radius 2 is 1.48 bits per heavy atom. The van der Waals surface area contributed by atoms with Gasteiger partial charge in [-0.1, -0.05) is 47.7 Å². The first kappa shape index (κ1) is 23.2. The number of aromatic nitrogens is 1. The normalized spacial score (nSPS) is 10.2. The van der Waals surface area contributed by atoms with E-state index in [1.165, 1.54) is 0 Å². The zero-order valence-corrected chi connectivity index (χ0v) is 16.1. The topological polar surface area (TPSA) is 87.5 Å². The zero-order valence-electron chi connectivity index (χ0n) is 16.1. The predicted octanol–water partition coefficient (Wildman–Crippen LogP) is 4.79. The average molecular weight is 427 g/mol. The number of halogens is 3. The summed E-state index contributed by atoms with van der Waals surface area (Å²) in [5, 5.41) is 16.7. The molecule has 0 fully saturated rings. The highest BCUT2D eigenvalue weighted by molar-refractivity contribution is 5.97. The first-order chi connectivity index (χ1) is 14.6. The van der Waals surface area contributed by atoms with Crippen molar-refractivity contribution in [2.75, 3.05) is 0 Å². The van der Waals surface area contributed by atoms with Crippen LogP contribution >= 0.6 is 0 Å². The van der Waals surface area contributed by atoms with Gasteiger partial charge in [0.25, 0.3) is 0 Å². The van der Waals surface area contributed by atoms with Gasteiger partial charge in [-0.15, -0.1) is 0 Å². The molecule has 0 spiro atoms. The molecule has 3 rings (SSSR count). The Kier molecular flexibility index (Phi) is 7.53. The Morgan fingerprint density at radius 1 is 0.903 bits per heavy atom. The molecule has 0 unspecified atom stereocenters. The van der Waals surface area contributed by atoms with Crippen molar-refractivity contribution in [3.8, 4) is 23.0 Å². The van der Waals surface area contributed by atoms with Crippen LogP contribution in [0.4, 0.5) is 13.2 Å². The molecule has 0 radical (unpaired) electrons. The number of aliphatic carboxylic acids is 1. The number of rotatable bonds is 2. The monoisotopic (exact) mass is 427 g/mol. The molecular formula is C23H16F3NO4. The minimum Gasteiger partial charge on any atom is -0.478 e. The Morgan fingerprint density at radius 3 is 2.00 bits per heavy atom. The van der Waals surface area contributed by atoms with Crippen LogP contribution in [0, 0.1) is 18.8 Å². The van der Waals surface area contributed by atoms with Crippen LogP contribution in [0.15, 0.2) is 67.0 Å². The van der Waals surface area contributed by atoms with Crippen LogP contribution in [0.3, 0.4) is 0 Å². The molecule has 3 aromatic rings. The van der Waals surface area contributed by atoms with Crippen LogP contribution in [-0.2, 0) is 4.79 Å². The van der Waals surface area contributed by atoms with Crippen molar-refractivity contribution < 1.29 is 33.0 Å². The summed E-state index contributed by atoms with van der Waals surface area (Å²) in [4.78, 5) is 24.5. The van der Waals surface area contributed by atoms with Crippen molar-refractivity contribution in [2.24, 2.45) is 0 Å². The number of nitrogens with zero attached hydrogens (tertiary/aromatic N) is 1. The van der Waals surface area contributed by atoms with E-state index in [4.69, 9.17) is 9.90 Å².